The number of fused-ring (bicyclic) bond motifs is 1. The van der Waals surface area contributed by atoms with E-state index < -0.39 is 5.60 Å². The summed E-state index contributed by atoms with van der Waals surface area (Å²) in [5.41, 5.74) is 1.82. The first-order chi connectivity index (χ1) is 11.4. The Hall–Kier alpha value is -2.83. The average Bonchev–Trinajstić information content (AvgIpc) is 3.09. The normalized spacial score (nSPS) is 13.5. The predicted octanol–water partition coefficient (Wildman–Crippen LogP) is 2.95. The number of aromatic nitrogens is 2. The quantitative estimate of drug-likeness (QED) is 0.879. The first-order valence-corrected chi connectivity index (χ1v) is 7.72. The zero-order valence-electron chi connectivity index (χ0n) is 13.9. The first-order valence-electron chi connectivity index (χ1n) is 7.72. The monoisotopic (exact) mass is 328 g/mol. The maximum atomic E-state index is 12.2. The lowest BCUT2D eigenvalue weighted by Crippen LogP contribution is -2.33. The molecule has 0 radical (unpaired) electrons. The second kappa shape index (κ2) is 5.99. The minimum Gasteiger partial charge on any atom is -0.444 e. The first kappa shape index (κ1) is 16.0. The number of para-hydroxylation sites is 1. The summed E-state index contributed by atoms with van der Waals surface area (Å²) in [7, 11) is 0. The number of nitrogens with one attached hydrogen (secondary N) is 1. The lowest BCUT2D eigenvalue weighted by molar-refractivity contribution is -0.106. The van der Waals surface area contributed by atoms with Crippen LogP contribution < -0.4 is 4.90 Å². The van der Waals surface area contributed by atoms with Crippen LogP contribution in [0.25, 0.3) is 0 Å². The third-order valence-electron chi connectivity index (χ3n) is 3.65. The van der Waals surface area contributed by atoms with E-state index in [2.05, 4.69) is 10.2 Å². The highest BCUT2D eigenvalue weighted by Crippen LogP contribution is 2.33. The summed E-state index contributed by atoms with van der Waals surface area (Å²) in [4.78, 5) is 26.9. The molecule has 2 heterocycles. The van der Waals surface area contributed by atoms with Gasteiger partial charge in [0.25, 0.3) is 0 Å². The van der Waals surface area contributed by atoms with Gasteiger partial charge in [0.2, 0.25) is 6.41 Å². The van der Waals surface area contributed by atoms with Crippen LogP contribution in [0, 0.1) is 0 Å². The number of ether oxygens (including phenoxy) is 1. The van der Waals surface area contributed by atoms with E-state index in [-0.39, 0.29) is 6.09 Å². The van der Waals surface area contributed by atoms with E-state index in [0.29, 0.717) is 18.9 Å². The van der Waals surface area contributed by atoms with Crippen molar-refractivity contribution in [3.63, 3.8) is 0 Å². The van der Waals surface area contributed by atoms with Crippen molar-refractivity contribution in [3.8, 4) is 0 Å². The second-order valence-electron chi connectivity index (χ2n) is 6.65. The SMILES string of the molecule is CC(C)(C)OC(=O)N1Cc2[nH]nc(N(C=O)c3ccccc3)c2C1. The van der Waals surface area contributed by atoms with Gasteiger partial charge in [-0.25, -0.2) is 4.79 Å². The van der Waals surface area contributed by atoms with Crippen molar-refractivity contribution in [1.29, 1.82) is 0 Å². The van der Waals surface area contributed by atoms with Crippen molar-refractivity contribution < 1.29 is 14.3 Å². The Balaban J connectivity index is 1.82. The molecular weight excluding hydrogens is 308 g/mol. The van der Waals surface area contributed by atoms with Crippen molar-refractivity contribution in [2.45, 2.75) is 39.5 Å². The van der Waals surface area contributed by atoms with Crippen LogP contribution in [0.1, 0.15) is 32.0 Å². The average molecular weight is 328 g/mol. The number of anilines is 2. The summed E-state index contributed by atoms with van der Waals surface area (Å²) in [6, 6.07) is 9.25. The van der Waals surface area contributed by atoms with Gasteiger partial charge in [0.1, 0.15) is 5.60 Å². The van der Waals surface area contributed by atoms with Gasteiger partial charge in [0, 0.05) is 5.56 Å². The molecule has 0 spiro atoms. The van der Waals surface area contributed by atoms with E-state index in [1.54, 1.807) is 4.90 Å². The number of carbonyl (C=O) groups excluding carboxylic acids is 2. The molecular formula is C17H20N4O3. The van der Waals surface area contributed by atoms with E-state index in [0.717, 1.165) is 23.4 Å². The van der Waals surface area contributed by atoms with Gasteiger partial charge in [-0.3, -0.25) is 19.7 Å². The van der Waals surface area contributed by atoms with E-state index in [1.807, 2.05) is 51.1 Å². The summed E-state index contributed by atoms with van der Waals surface area (Å²) >= 11 is 0. The van der Waals surface area contributed by atoms with Gasteiger partial charge in [0.15, 0.2) is 5.82 Å². The number of H-pyrrole nitrogens is 1. The largest absolute Gasteiger partial charge is 0.444 e. The van der Waals surface area contributed by atoms with E-state index in [1.165, 1.54) is 4.90 Å². The molecule has 2 aromatic rings. The molecule has 1 aliphatic heterocycles. The van der Waals surface area contributed by atoms with Crippen molar-refractivity contribution in [1.82, 2.24) is 15.1 Å². The molecule has 0 aliphatic carbocycles. The fourth-order valence-corrected chi connectivity index (χ4v) is 2.60. The van der Waals surface area contributed by atoms with Crippen LogP contribution >= 0.6 is 0 Å². The maximum Gasteiger partial charge on any atom is 0.410 e. The molecule has 0 saturated heterocycles. The summed E-state index contributed by atoms with van der Waals surface area (Å²) in [5.74, 6) is 0.511. The minimum atomic E-state index is -0.548. The fourth-order valence-electron chi connectivity index (χ4n) is 2.60. The van der Waals surface area contributed by atoms with Gasteiger partial charge >= 0.3 is 6.09 Å². The number of hydrogen-bond donors (Lipinski definition) is 1. The number of benzene rings is 1. The Morgan fingerprint density at radius 2 is 2.00 bits per heavy atom. The molecule has 7 heteroatoms. The number of rotatable bonds is 3. The molecule has 2 amide bonds. The Morgan fingerprint density at radius 1 is 1.29 bits per heavy atom. The van der Waals surface area contributed by atoms with E-state index >= 15 is 0 Å². The lowest BCUT2D eigenvalue weighted by Gasteiger charge is -2.24. The molecule has 1 aromatic heterocycles. The number of hydrogen-bond acceptors (Lipinski definition) is 4. The summed E-state index contributed by atoms with van der Waals surface area (Å²) in [5, 5.41) is 7.16. The highest BCUT2D eigenvalue weighted by Gasteiger charge is 2.32. The van der Waals surface area contributed by atoms with Crippen LogP contribution in [-0.2, 0) is 22.6 Å². The molecule has 1 N–H and O–H groups in total. The zero-order chi connectivity index (χ0) is 17.3. The molecule has 1 aliphatic rings. The number of aromatic amines is 1. The third kappa shape index (κ3) is 3.10. The number of nitrogens with zero attached hydrogens (tertiary/aromatic N) is 3. The highest BCUT2D eigenvalue weighted by molar-refractivity contribution is 5.86. The second-order valence-corrected chi connectivity index (χ2v) is 6.65. The van der Waals surface area contributed by atoms with Gasteiger partial charge in [-0.15, -0.1) is 0 Å². The number of carbonyl (C=O) groups is 2. The molecule has 0 fully saturated rings. The summed E-state index contributed by atoms with van der Waals surface area (Å²) < 4.78 is 5.40. The Morgan fingerprint density at radius 3 is 2.62 bits per heavy atom. The summed E-state index contributed by atoms with van der Waals surface area (Å²) in [6.07, 6.45) is 0.345. The van der Waals surface area contributed by atoms with Gasteiger partial charge in [-0.2, -0.15) is 5.10 Å². The Bertz CT molecular complexity index is 749. The molecule has 7 nitrogen and oxygen atoms in total. The number of amides is 2. The van der Waals surface area contributed by atoms with Crippen LogP contribution in [-0.4, -0.2) is 33.2 Å². The molecule has 0 bridgehead atoms. The molecule has 24 heavy (non-hydrogen) atoms. The molecule has 0 atom stereocenters. The maximum absolute atomic E-state index is 12.2. The fraction of sp³-hybridized carbons (Fsp3) is 0.353. The summed E-state index contributed by atoms with van der Waals surface area (Å²) in [6.45, 7) is 6.23. The molecule has 0 unspecified atom stereocenters. The molecule has 1 aromatic carbocycles. The molecule has 0 saturated carbocycles. The van der Waals surface area contributed by atoms with E-state index in [4.69, 9.17) is 4.74 Å². The van der Waals surface area contributed by atoms with Gasteiger partial charge < -0.3 is 4.74 Å². The van der Waals surface area contributed by atoms with Crippen molar-refractivity contribution in [2.24, 2.45) is 0 Å². The standard InChI is InChI=1S/C17H20N4O3/c1-17(2,3)24-16(23)20-9-13-14(10-20)18-19-15(13)21(11-22)12-7-5-4-6-8-12/h4-8,11H,9-10H2,1-3H3,(H,18,19). The van der Waals surface area contributed by atoms with Crippen LogP contribution in [0.3, 0.4) is 0 Å². The minimum absolute atomic E-state index is 0.354. The zero-order valence-corrected chi connectivity index (χ0v) is 13.9. The Kier molecular flexibility index (Phi) is 4.01. The van der Waals surface area contributed by atoms with Crippen molar-refractivity contribution in [3.05, 3.63) is 41.6 Å². The van der Waals surface area contributed by atoms with Crippen LogP contribution in [0.4, 0.5) is 16.3 Å². The van der Waals surface area contributed by atoms with E-state index in [9.17, 15) is 9.59 Å². The van der Waals surface area contributed by atoms with Crippen molar-refractivity contribution in [2.75, 3.05) is 4.90 Å². The predicted molar refractivity (Wildman–Crippen MR) is 88.7 cm³/mol. The van der Waals surface area contributed by atoms with Crippen molar-refractivity contribution >= 4 is 24.0 Å². The highest BCUT2D eigenvalue weighted by atomic mass is 16.6. The smallest absolute Gasteiger partial charge is 0.410 e. The molecule has 126 valence electrons. The van der Waals surface area contributed by atoms with Gasteiger partial charge in [-0.1, -0.05) is 18.2 Å². The van der Waals surface area contributed by atoms with Crippen LogP contribution in [0.15, 0.2) is 30.3 Å². The van der Waals surface area contributed by atoms with Crippen LogP contribution in [0.2, 0.25) is 0 Å². The Labute approximate surface area is 140 Å². The van der Waals surface area contributed by atoms with Gasteiger partial charge in [-0.05, 0) is 32.9 Å². The van der Waals surface area contributed by atoms with Gasteiger partial charge in [0.05, 0.1) is 24.5 Å². The lowest BCUT2D eigenvalue weighted by atomic mass is 10.2. The molecule has 3 rings (SSSR count). The third-order valence-corrected chi connectivity index (χ3v) is 3.65. The van der Waals surface area contributed by atoms with Crippen LogP contribution in [0.5, 0.6) is 0 Å². The topological polar surface area (TPSA) is 78.5 Å².